The smallest absolute Gasteiger partial charge is 0.152 e. The molecule has 2 N–H and O–H groups in total. The van der Waals surface area contributed by atoms with Crippen LogP contribution >= 0.6 is 11.3 Å². The molecular weight excluding hydrogens is 282 g/mol. The quantitative estimate of drug-likeness (QED) is 0.726. The molecule has 3 aromatic rings. The molecule has 21 heavy (non-hydrogen) atoms. The summed E-state index contributed by atoms with van der Waals surface area (Å²) in [5, 5.41) is 10.6. The second-order valence-electron chi connectivity index (χ2n) is 5.01. The normalized spacial score (nSPS) is 11.1. The van der Waals surface area contributed by atoms with Crippen molar-refractivity contribution in [2.75, 3.05) is 0 Å². The third kappa shape index (κ3) is 3.25. The predicted molar refractivity (Wildman–Crippen MR) is 85.3 cm³/mol. The number of rotatable bonds is 6. The zero-order valence-corrected chi connectivity index (χ0v) is 13.1. The van der Waals surface area contributed by atoms with Crippen LogP contribution in [-0.2, 0) is 19.5 Å². The van der Waals surface area contributed by atoms with Gasteiger partial charge in [-0.25, -0.2) is 0 Å². The monoisotopic (exact) mass is 301 g/mol. The summed E-state index contributed by atoms with van der Waals surface area (Å²) in [5.74, 6) is 1.75. The van der Waals surface area contributed by atoms with Crippen LogP contribution in [0.4, 0.5) is 0 Å². The molecule has 4 nitrogen and oxygen atoms in total. The zero-order valence-electron chi connectivity index (χ0n) is 12.3. The second kappa shape index (κ2) is 6.28. The number of thiophene rings is 1. The molecular formula is C16H19N3OS. The van der Waals surface area contributed by atoms with Gasteiger partial charge >= 0.3 is 0 Å². The fourth-order valence-electron chi connectivity index (χ4n) is 2.26. The van der Waals surface area contributed by atoms with Gasteiger partial charge < -0.3 is 9.73 Å². The van der Waals surface area contributed by atoms with Crippen molar-refractivity contribution in [3.63, 3.8) is 0 Å². The average molecular weight is 301 g/mol. The highest BCUT2D eigenvalue weighted by Gasteiger charge is 2.10. The highest BCUT2D eigenvalue weighted by atomic mass is 32.1. The number of furan rings is 1. The molecule has 0 unspecified atom stereocenters. The van der Waals surface area contributed by atoms with Gasteiger partial charge in [0.1, 0.15) is 11.5 Å². The van der Waals surface area contributed by atoms with Gasteiger partial charge in [-0.15, -0.1) is 11.3 Å². The number of aromatic nitrogens is 2. The lowest BCUT2D eigenvalue weighted by Crippen LogP contribution is -2.11. The standard InChI is InChI=1S/C16H19N3OS/c1-3-13-5-6-14(21-13)10-17-8-12-9-18-19-16(12)15-7-4-11(2)20-15/h4-7,9,17H,3,8,10H2,1-2H3,(H,18,19). The lowest BCUT2D eigenvalue weighted by Gasteiger charge is -2.03. The van der Waals surface area contributed by atoms with E-state index in [0.717, 1.165) is 42.3 Å². The maximum atomic E-state index is 5.65. The molecule has 0 aliphatic rings. The van der Waals surface area contributed by atoms with E-state index in [1.54, 1.807) is 0 Å². The van der Waals surface area contributed by atoms with Gasteiger partial charge in [0.15, 0.2) is 5.76 Å². The zero-order chi connectivity index (χ0) is 14.7. The number of nitrogens with zero attached hydrogens (tertiary/aromatic N) is 1. The lowest BCUT2D eigenvalue weighted by molar-refractivity contribution is 0.545. The van der Waals surface area contributed by atoms with E-state index in [0.29, 0.717) is 0 Å². The number of nitrogens with one attached hydrogen (secondary N) is 2. The SMILES string of the molecule is CCc1ccc(CNCc2cn[nH]c2-c2ccc(C)o2)s1. The van der Waals surface area contributed by atoms with Crippen molar-refractivity contribution in [2.45, 2.75) is 33.4 Å². The van der Waals surface area contributed by atoms with E-state index in [9.17, 15) is 0 Å². The minimum absolute atomic E-state index is 0.769. The van der Waals surface area contributed by atoms with Gasteiger partial charge in [0.05, 0.1) is 6.20 Å². The van der Waals surface area contributed by atoms with Crippen LogP contribution in [-0.4, -0.2) is 10.2 Å². The van der Waals surface area contributed by atoms with E-state index in [2.05, 4.69) is 34.6 Å². The molecule has 0 amide bonds. The van der Waals surface area contributed by atoms with Crippen molar-refractivity contribution in [3.05, 3.63) is 51.5 Å². The van der Waals surface area contributed by atoms with Crippen molar-refractivity contribution in [1.29, 1.82) is 0 Å². The molecule has 0 aromatic carbocycles. The molecule has 0 bridgehead atoms. The first-order valence-electron chi connectivity index (χ1n) is 7.13. The van der Waals surface area contributed by atoms with E-state index in [1.165, 1.54) is 9.75 Å². The van der Waals surface area contributed by atoms with Gasteiger partial charge in [-0.05, 0) is 37.6 Å². The summed E-state index contributed by atoms with van der Waals surface area (Å²) in [5.41, 5.74) is 2.08. The molecule has 3 rings (SSSR count). The molecule has 0 radical (unpaired) electrons. The van der Waals surface area contributed by atoms with E-state index in [4.69, 9.17) is 4.42 Å². The van der Waals surface area contributed by atoms with Crippen LogP contribution in [0.1, 0.15) is 28.0 Å². The number of aryl methyl sites for hydroxylation is 2. The van der Waals surface area contributed by atoms with E-state index >= 15 is 0 Å². The minimum atomic E-state index is 0.769. The lowest BCUT2D eigenvalue weighted by atomic mass is 10.2. The Morgan fingerprint density at radius 3 is 2.76 bits per heavy atom. The Bertz CT molecular complexity index is 711. The Morgan fingerprint density at radius 1 is 1.19 bits per heavy atom. The van der Waals surface area contributed by atoms with E-state index in [1.807, 2.05) is 36.6 Å². The largest absolute Gasteiger partial charge is 0.460 e. The summed E-state index contributed by atoms with van der Waals surface area (Å²) >= 11 is 1.87. The van der Waals surface area contributed by atoms with Crippen LogP contribution in [0.15, 0.2) is 34.9 Å². The summed E-state index contributed by atoms with van der Waals surface area (Å²) in [6.07, 6.45) is 2.96. The predicted octanol–water partition coefficient (Wildman–Crippen LogP) is 3.89. The number of hydrogen-bond donors (Lipinski definition) is 2. The summed E-state index contributed by atoms with van der Waals surface area (Å²) in [6.45, 7) is 5.78. The summed E-state index contributed by atoms with van der Waals surface area (Å²) in [4.78, 5) is 2.80. The highest BCUT2D eigenvalue weighted by molar-refractivity contribution is 7.11. The van der Waals surface area contributed by atoms with E-state index in [-0.39, 0.29) is 0 Å². The fraction of sp³-hybridized carbons (Fsp3) is 0.312. The number of hydrogen-bond acceptors (Lipinski definition) is 4. The third-order valence-corrected chi connectivity index (χ3v) is 4.61. The van der Waals surface area contributed by atoms with Gasteiger partial charge in [-0.2, -0.15) is 5.10 Å². The van der Waals surface area contributed by atoms with Crippen molar-refractivity contribution >= 4 is 11.3 Å². The van der Waals surface area contributed by atoms with Gasteiger partial charge in [0, 0.05) is 28.4 Å². The van der Waals surface area contributed by atoms with Gasteiger partial charge in [0.2, 0.25) is 0 Å². The number of aromatic amines is 1. The summed E-state index contributed by atoms with van der Waals surface area (Å²) in [7, 11) is 0. The van der Waals surface area contributed by atoms with Crippen LogP contribution in [0, 0.1) is 6.92 Å². The Labute approximate surface area is 128 Å². The van der Waals surface area contributed by atoms with Gasteiger partial charge in [0.25, 0.3) is 0 Å². The van der Waals surface area contributed by atoms with Crippen LogP contribution in [0.3, 0.4) is 0 Å². The Kier molecular flexibility index (Phi) is 4.22. The van der Waals surface area contributed by atoms with Crippen molar-refractivity contribution < 1.29 is 4.42 Å². The summed E-state index contributed by atoms with van der Waals surface area (Å²) in [6, 6.07) is 8.34. The third-order valence-electron chi connectivity index (χ3n) is 3.39. The molecule has 3 aromatic heterocycles. The molecule has 5 heteroatoms. The minimum Gasteiger partial charge on any atom is -0.460 e. The van der Waals surface area contributed by atoms with Crippen LogP contribution in [0.25, 0.3) is 11.5 Å². The highest BCUT2D eigenvalue weighted by Crippen LogP contribution is 2.23. The van der Waals surface area contributed by atoms with Crippen molar-refractivity contribution in [1.82, 2.24) is 15.5 Å². The Hall–Kier alpha value is -1.85. The van der Waals surface area contributed by atoms with Crippen LogP contribution in [0.2, 0.25) is 0 Å². The maximum absolute atomic E-state index is 5.65. The average Bonchev–Trinajstić information content (AvgIpc) is 3.19. The first-order valence-corrected chi connectivity index (χ1v) is 7.95. The molecule has 0 saturated carbocycles. The van der Waals surface area contributed by atoms with Crippen LogP contribution in [0.5, 0.6) is 0 Å². The topological polar surface area (TPSA) is 53.9 Å². The maximum Gasteiger partial charge on any atom is 0.152 e. The molecule has 3 heterocycles. The molecule has 0 aliphatic heterocycles. The second-order valence-corrected chi connectivity index (χ2v) is 6.26. The Morgan fingerprint density at radius 2 is 2.05 bits per heavy atom. The molecule has 0 spiro atoms. The van der Waals surface area contributed by atoms with Gasteiger partial charge in [-0.3, -0.25) is 5.10 Å². The fourth-order valence-corrected chi connectivity index (χ4v) is 3.18. The molecule has 0 fully saturated rings. The first kappa shape index (κ1) is 14.1. The number of H-pyrrole nitrogens is 1. The summed E-state index contributed by atoms with van der Waals surface area (Å²) < 4.78 is 5.65. The van der Waals surface area contributed by atoms with E-state index < -0.39 is 0 Å². The molecule has 0 aliphatic carbocycles. The van der Waals surface area contributed by atoms with Crippen molar-refractivity contribution in [3.8, 4) is 11.5 Å². The van der Waals surface area contributed by atoms with Gasteiger partial charge in [-0.1, -0.05) is 6.92 Å². The van der Waals surface area contributed by atoms with Crippen LogP contribution < -0.4 is 5.32 Å². The molecule has 110 valence electrons. The Balaban J connectivity index is 1.62. The van der Waals surface area contributed by atoms with Crippen molar-refractivity contribution in [2.24, 2.45) is 0 Å². The molecule has 0 saturated heterocycles. The molecule has 0 atom stereocenters. The first-order chi connectivity index (χ1) is 10.3.